The first-order valence-electron chi connectivity index (χ1n) is 6.44. The van der Waals surface area contributed by atoms with Crippen LogP contribution in [0.4, 0.5) is 5.69 Å². The SMILES string of the molecule is CC(C)(C#N)c1ccc(NC(=O)c2cc[nH]c(=O)c2)cc1. The fraction of sp³-hybridized carbons (Fsp3) is 0.188. The van der Waals surface area contributed by atoms with Crippen molar-refractivity contribution in [1.29, 1.82) is 5.26 Å². The molecule has 0 saturated carbocycles. The molecule has 0 spiro atoms. The highest BCUT2D eigenvalue weighted by atomic mass is 16.2. The van der Waals surface area contributed by atoms with Gasteiger partial charge in [0.2, 0.25) is 5.56 Å². The highest BCUT2D eigenvalue weighted by molar-refractivity contribution is 6.04. The smallest absolute Gasteiger partial charge is 0.255 e. The third-order valence-corrected chi connectivity index (χ3v) is 3.18. The molecule has 2 rings (SSSR count). The molecule has 2 N–H and O–H groups in total. The van der Waals surface area contributed by atoms with Gasteiger partial charge < -0.3 is 10.3 Å². The van der Waals surface area contributed by atoms with E-state index in [-0.39, 0.29) is 11.5 Å². The van der Waals surface area contributed by atoms with Crippen molar-refractivity contribution in [3.05, 3.63) is 64.1 Å². The summed E-state index contributed by atoms with van der Waals surface area (Å²) in [5, 5.41) is 11.8. The molecule has 1 amide bonds. The number of anilines is 1. The van der Waals surface area contributed by atoms with Crippen LogP contribution in [0.15, 0.2) is 47.4 Å². The normalized spacial score (nSPS) is 10.7. The Bertz CT molecular complexity index is 752. The Kier molecular flexibility index (Phi) is 3.90. The van der Waals surface area contributed by atoms with Gasteiger partial charge in [-0.3, -0.25) is 9.59 Å². The second-order valence-corrected chi connectivity index (χ2v) is 5.21. The molecular weight excluding hydrogens is 266 g/mol. The van der Waals surface area contributed by atoms with E-state index in [0.717, 1.165) is 5.56 Å². The van der Waals surface area contributed by atoms with Crippen molar-refractivity contribution in [3.63, 3.8) is 0 Å². The quantitative estimate of drug-likeness (QED) is 0.906. The average Bonchev–Trinajstić information content (AvgIpc) is 2.48. The molecule has 0 aliphatic rings. The first-order chi connectivity index (χ1) is 9.92. The van der Waals surface area contributed by atoms with Crippen molar-refractivity contribution in [2.75, 3.05) is 5.32 Å². The molecule has 5 heteroatoms. The topological polar surface area (TPSA) is 85.8 Å². The maximum Gasteiger partial charge on any atom is 0.255 e. The summed E-state index contributed by atoms with van der Waals surface area (Å²) in [5.74, 6) is -0.353. The minimum absolute atomic E-state index is 0.292. The lowest BCUT2D eigenvalue weighted by Crippen LogP contribution is -2.16. The molecule has 0 aliphatic carbocycles. The van der Waals surface area contributed by atoms with Crippen LogP contribution in [0.1, 0.15) is 29.8 Å². The van der Waals surface area contributed by atoms with Crippen LogP contribution in [0.25, 0.3) is 0 Å². The summed E-state index contributed by atoms with van der Waals surface area (Å²) in [6.45, 7) is 3.66. The second-order valence-electron chi connectivity index (χ2n) is 5.21. The Morgan fingerprint density at radius 2 is 1.90 bits per heavy atom. The number of hydrogen-bond donors (Lipinski definition) is 2. The fourth-order valence-electron chi connectivity index (χ4n) is 1.82. The van der Waals surface area contributed by atoms with Crippen molar-refractivity contribution in [3.8, 4) is 6.07 Å². The zero-order chi connectivity index (χ0) is 15.5. The maximum absolute atomic E-state index is 12.0. The molecule has 1 heterocycles. The zero-order valence-corrected chi connectivity index (χ0v) is 11.8. The van der Waals surface area contributed by atoms with E-state index in [1.54, 1.807) is 24.3 Å². The van der Waals surface area contributed by atoms with E-state index < -0.39 is 5.41 Å². The Morgan fingerprint density at radius 3 is 2.48 bits per heavy atom. The minimum Gasteiger partial charge on any atom is -0.329 e. The van der Waals surface area contributed by atoms with Gasteiger partial charge in [0, 0.05) is 23.5 Å². The molecule has 0 aliphatic heterocycles. The number of nitrogens with zero attached hydrogens (tertiary/aromatic N) is 1. The van der Waals surface area contributed by atoms with E-state index in [4.69, 9.17) is 5.26 Å². The van der Waals surface area contributed by atoms with Crippen molar-refractivity contribution in [2.45, 2.75) is 19.3 Å². The first kappa shape index (κ1) is 14.5. The van der Waals surface area contributed by atoms with Gasteiger partial charge in [-0.2, -0.15) is 5.26 Å². The van der Waals surface area contributed by atoms with Crippen LogP contribution in [-0.4, -0.2) is 10.9 Å². The van der Waals surface area contributed by atoms with Crippen molar-refractivity contribution in [1.82, 2.24) is 4.98 Å². The molecule has 0 saturated heterocycles. The lowest BCUT2D eigenvalue weighted by atomic mass is 9.86. The van der Waals surface area contributed by atoms with E-state index in [9.17, 15) is 9.59 Å². The molecule has 1 aromatic carbocycles. The van der Waals surface area contributed by atoms with Gasteiger partial charge in [0.05, 0.1) is 11.5 Å². The third kappa shape index (κ3) is 3.37. The third-order valence-electron chi connectivity index (χ3n) is 3.18. The zero-order valence-electron chi connectivity index (χ0n) is 11.8. The molecule has 2 aromatic rings. The summed E-state index contributed by atoms with van der Waals surface area (Å²) in [6.07, 6.45) is 1.43. The van der Waals surface area contributed by atoms with Crippen LogP contribution >= 0.6 is 0 Å². The second kappa shape index (κ2) is 5.63. The summed E-state index contributed by atoms with van der Waals surface area (Å²) in [7, 11) is 0. The monoisotopic (exact) mass is 281 g/mol. The predicted molar refractivity (Wildman–Crippen MR) is 80.1 cm³/mol. The molecule has 106 valence electrons. The number of pyridine rings is 1. The van der Waals surface area contributed by atoms with Gasteiger partial charge in [-0.15, -0.1) is 0 Å². The fourth-order valence-corrected chi connectivity index (χ4v) is 1.82. The van der Waals surface area contributed by atoms with Crippen LogP contribution in [0.3, 0.4) is 0 Å². The number of carbonyl (C=O) groups excluding carboxylic acids is 1. The van der Waals surface area contributed by atoms with Crippen molar-refractivity contribution >= 4 is 11.6 Å². The molecule has 5 nitrogen and oxygen atoms in total. The van der Waals surface area contributed by atoms with Crippen LogP contribution < -0.4 is 10.9 Å². The van der Waals surface area contributed by atoms with Crippen LogP contribution in [0.5, 0.6) is 0 Å². The van der Waals surface area contributed by atoms with Gasteiger partial charge >= 0.3 is 0 Å². The van der Waals surface area contributed by atoms with E-state index >= 15 is 0 Å². The summed E-state index contributed by atoms with van der Waals surface area (Å²) in [6, 6.07) is 12.1. The Labute approximate surface area is 122 Å². The number of hydrogen-bond acceptors (Lipinski definition) is 3. The van der Waals surface area contributed by atoms with Gasteiger partial charge in [0.25, 0.3) is 5.91 Å². The number of aromatic amines is 1. The van der Waals surface area contributed by atoms with Gasteiger partial charge in [-0.1, -0.05) is 12.1 Å². The number of H-pyrrole nitrogens is 1. The highest BCUT2D eigenvalue weighted by Crippen LogP contribution is 2.23. The van der Waals surface area contributed by atoms with E-state index in [0.29, 0.717) is 11.3 Å². The predicted octanol–water partition coefficient (Wildman–Crippen LogP) is 2.43. The minimum atomic E-state index is -0.574. The van der Waals surface area contributed by atoms with Gasteiger partial charge in [-0.05, 0) is 37.6 Å². The van der Waals surface area contributed by atoms with Crippen LogP contribution in [-0.2, 0) is 5.41 Å². The number of rotatable bonds is 3. The Morgan fingerprint density at radius 1 is 1.24 bits per heavy atom. The van der Waals surface area contributed by atoms with Gasteiger partial charge in [0.15, 0.2) is 0 Å². The van der Waals surface area contributed by atoms with Crippen molar-refractivity contribution < 1.29 is 4.79 Å². The number of carbonyl (C=O) groups is 1. The summed E-state index contributed by atoms with van der Waals surface area (Å²) >= 11 is 0. The number of nitriles is 1. The molecule has 1 aromatic heterocycles. The number of amides is 1. The molecule has 0 radical (unpaired) electrons. The molecular formula is C16H15N3O2. The standard InChI is InChI=1S/C16H15N3O2/c1-16(2,10-17)12-3-5-13(6-4-12)19-15(21)11-7-8-18-14(20)9-11/h3-9H,1-2H3,(H,18,20)(H,19,21). The largest absolute Gasteiger partial charge is 0.329 e. The van der Waals surface area contributed by atoms with Crippen LogP contribution in [0.2, 0.25) is 0 Å². The lowest BCUT2D eigenvalue weighted by Gasteiger charge is -2.16. The molecule has 0 fully saturated rings. The van der Waals surface area contributed by atoms with Gasteiger partial charge in [0.1, 0.15) is 0 Å². The number of benzene rings is 1. The van der Waals surface area contributed by atoms with E-state index in [1.165, 1.54) is 18.3 Å². The molecule has 0 atom stereocenters. The Hall–Kier alpha value is -2.87. The van der Waals surface area contributed by atoms with Crippen molar-refractivity contribution in [2.24, 2.45) is 0 Å². The summed E-state index contributed by atoms with van der Waals surface area (Å²) < 4.78 is 0. The van der Waals surface area contributed by atoms with Crippen LogP contribution in [0, 0.1) is 11.3 Å². The van der Waals surface area contributed by atoms with E-state index in [2.05, 4.69) is 16.4 Å². The summed E-state index contributed by atoms with van der Waals surface area (Å²) in [5.41, 5.74) is 0.876. The molecule has 0 unspecified atom stereocenters. The van der Waals surface area contributed by atoms with Gasteiger partial charge in [-0.25, -0.2) is 0 Å². The summed E-state index contributed by atoms with van der Waals surface area (Å²) in [4.78, 5) is 25.6. The van der Waals surface area contributed by atoms with E-state index in [1.807, 2.05) is 13.8 Å². The average molecular weight is 281 g/mol. The first-order valence-corrected chi connectivity index (χ1v) is 6.44. The Balaban J connectivity index is 2.16. The maximum atomic E-state index is 12.0. The molecule has 0 bridgehead atoms. The lowest BCUT2D eigenvalue weighted by molar-refractivity contribution is 0.102. The number of nitrogens with one attached hydrogen (secondary N) is 2. The number of aromatic nitrogens is 1. The molecule has 21 heavy (non-hydrogen) atoms. The highest BCUT2D eigenvalue weighted by Gasteiger charge is 2.19.